The second-order valence-electron chi connectivity index (χ2n) is 12.5. The molecule has 0 spiro atoms. The number of methoxy groups -OCH3 is 1. The van der Waals surface area contributed by atoms with Crippen LogP contribution < -0.4 is 9.47 Å². The Morgan fingerprint density at radius 2 is 1.62 bits per heavy atom. The first-order valence-corrected chi connectivity index (χ1v) is 19.5. The van der Waals surface area contributed by atoms with Gasteiger partial charge in [0.1, 0.15) is 29.8 Å². The minimum Gasteiger partial charge on any atom is -0.490 e. The minimum atomic E-state index is -1.89. The van der Waals surface area contributed by atoms with E-state index < -0.39 is 17.4 Å². The van der Waals surface area contributed by atoms with E-state index in [0.717, 1.165) is 37.4 Å². The molecule has 0 aliphatic heterocycles. The van der Waals surface area contributed by atoms with Crippen LogP contribution in [0.2, 0.25) is 31.2 Å². The van der Waals surface area contributed by atoms with Crippen LogP contribution in [0.25, 0.3) is 0 Å². The highest BCUT2D eigenvalue weighted by Crippen LogP contribution is 2.42. The third kappa shape index (κ3) is 6.87. The van der Waals surface area contributed by atoms with Crippen molar-refractivity contribution in [2.75, 3.05) is 13.7 Å². The van der Waals surface area contributed by atoms with Gasteiger partial charge in [0.2, 0.25) is 0 Å². The molecule has 0 unspecified atom stereocenters. The summed E-state index contributed by atoms with van der Waals surface area (Å²) in [7, 11) is -1.23. The lowest BCUT2D eigenvalue weighted by Gasteiger charge is -2.39. The molecule has 0 saturated heterocycles. The Hall–Kier alpha value is -1.65. The fraction of sp³-hybridized carbons (Fsp3) is 0.600. The molecule has 2 aromatic rings. The molecule has 37 heavy (non-hydrogen) atoms. The van der Waals surface area contributed by atoms with E-state index in [1.165, 1.54) is 11.1 Å². The van der Waals surface area contributed by atoms with Crippen molar-refractivity contribution in [3.05, 3.63) is 59.7 Å². The molecule has 0 aromatic heterocycles. The van der Waals surface area contributed by atoms with Crippen LogP contribution in [-0.4, -0.2) is 49.4 Å². The number of fused-ring (bicyclic) bond motifs is 1. The summed E-state index contributed by atoms with van der Waals surface area (Å²) in [5.74, 6) is 2.03. The highest BCUT2D eigenvalue weighted by molar-refractivity contribution is 6.74. The maximum absolute atomic E-state index is 6.90. The molecule has 2 aliphatic rings. The quantitative estimate of drug-likeness (QED) is 0.305. The first-order chi connectivity index (χ1) is 17.5. The fourth-order valence-corrected chi connectivity index (χ4v) is 7.25. The first-order valence-electron chi connectivity index (χ1n) is 13.8. The molecule has 0 N–H and O–H groups in total. The number of benzene rings is 2. The van der Waals surface area contributed by atoms with Crippen LogP contribution in [0, 0.1) is 5.92 Å². The van der Waals surface area contributed by atoms with E-state index in [0.29, 0.717) is 5.92 Å². The third-order valence-corrected chi connectivity index (χ3v) is 13.6. The largest absolute Gasteiger partial charge is 0.490 e. The van der Waals surface area contributed by atoms with E-state index in [2.05, 4.69) is 71.2 Å². The number of hydrogen-bond acceptors (Lipinski definition) is 5. The molecule has 0 bridgehead atoms. The Labute approximate surface area is 226 Å². The van der Waals surface area contributed by atoms with Crippen LogP contribution in [0.1, 0.15) is 50.8 Å². The molecule has 0 radical (unpaired) electrons. The molecule has 2 aromatic carbocycles. The van der Waals surface area contributed by atoms with Crippen LogP contribution >= 0.6 is 0 Å². The molecule has 5 nitrogen and oxygen atoms in total. The summed E-state index contributed by atoms with van der Waals surface area (Å²) in [5.41, 5.74) is 2.52. The molecule has 7 heteroatoms. The van der Waals surface area contributed by atoms with Gasteiger partial charge in [0.15, 0.2) is 17.4 Å². The molecule has 1 fully saturated rings. The Morgan fingerprint density at radius 3 is 2.30 bits per heavy atom. The minimum absolute atomic E-state index is 0.0479. The lowest BCUT2D eigenvalue weighted by molar-refractivity contribution is 0.0124. The molecule has 2 aliphatic carbocycles. The molecule has 204 valence electrons. The SMILES string of the molecule is CO[C@@H]1c2ccccc2C[C@H]1Oc1cccc(O[C@@H]2C[C@@H](CO[SiH](C)C)[C@H](O[Si](C)(C)C(C)(C)C)C2)c1. The van der Waals surface area contributed by atoms with Gasteiger partial charge >= 0.3 is 0 Å². The standard InChI is InChI=1S/C30H46O5Si2/c1-30(2,3)37(7,8)35-27-19-25(16-22(27)20-32-36(5)6)33-23-13-11-14-24(18-23)34-28-17-21-12-9-10-15-26(21)29(28)31-4/h9-15,18,22,25,27-29,36H,16-17,19-20H2,1-8H3/t22-,25+,27+,28+,29+/m0/s1. The highest BCUT2D eigenvalue weighted by Gasteiger charge is 2.44. The summed E-state index contributed by atoms with van der Waals surface area (Å²) in [6.45, 7) is 16.8. The predicted molar refractivity (Wildman–Crippen MR) is 155 cm³/mol. The lowest BCUT2D eigenvalue weighted by atomic mass is 10.1. The van der Waals surface area contributed by atoms with Crippen LogP contribution in [0.4, 0.5) is 0 Å². The van der Waals surface area contributed by atoms with Crippen molar-refractivity contribution in [2.45, 2.75) is 95.7 Å². The van der Waals surface area contributed by atoms with Crippen molar-refractivity contribution in [3.8, 4) is 11.5 Å². The average molecular weight is 543 g/mol. The summed E-state index contributed by atoms with van der Waals surface area (Å²) in [6, 6.07) is 16.5. The van der Waals surface area contributed by atoms with Crippen LogP contribution in [-0.2, 0) is 20.0 Å². The topological polar surface area (TPSA) is 46.2 Å². The number of rotatable bonds is 10. The van der Waals surface area contributed by atoms with Crippen LogP contribution in [0.3, 0.4) is 0 Å². The van der Waals surface area contributed by atoms with Gasteiger partial charge in [-0.2, -0.15) is 0 Å². The number of ether oxygens (including phenoxy) is 3. The van der Waals surface area contributed by atoms with Gasteiger partial charge in [-0.05, 0) is 60.9 Å². The molecule has 5 atom stereocenters. The smallest absolute Gasteiger partial charge is 0.192 e. The van der Waals surface area contributed by atoms with E-state index in [-0.39, 0.29) is 29.5 Å². The van der Waals surface area contributed by atoms with Crippen molar-refractivity contribution < 1.29 is 23.1 Å². The third-order valence-electron chi connectivity index (χ3n) is 8.25. The summed E-state index contributed by atoms with van der Waals surface area (Å²) >= 11 is 0. The van der Waals surface area contributed by atoms with E-state index >= 15 is 0 Å². The van der Waals surface area contributed by atoms with Gasteiger partial charge in [0.05, 0.1) is 6.10 Å². The molecule has 1 saturated carbocycles. The fourth-order valence-electron chi connectivity index (χ4n) is 5.22. The molecule has 4 rings (SSSR count). The maximum Gasteiger partial charge on any atom is 0.192 e. The van der Waals surface area contributed by atoms with E-state index in [4.69, 9.17) is 23.1 Å². The van der Waals surface area contributed by atoms with Gasteiger partial charge < -0.3 is 23.1 Å². The maximum atomic E-state index is 6.90. The molecule has 0 amide bonds. The summed E-state index contributed by atoms with van der Waals surface area (Å²) < 4.78 is 31.9. The second kappa shape index (κ2) is 11.6. The van der Waals surface area contributed by atoms with Gasteiger partial charge in [-0.1, -0.05) is 51.1 Å². The van der Waals surface area contributed by atoms with E-state index in [9.17, 15) is 0 Å². The molecular weight excluding hydrogens is 496 g/mol. The van der Waals surface area contributed by atoms with Gasteiger partial charge in [0.25, 0.3) is 0 Å². The zero-order valence-electron chi connectivity index (χ0n) is 24.0. The van der Waals surface area contributed by atoms with E-state index in [1.54, 1.807) is 7.11 Å². The van der Waals surface area contributed by atoms with Gasteiger partial charge in [-0.25, -0.2) is 0 Å². The monoisotopic (exact) mass is 542 g/mol. The van der Waals surface area contributed by atoms with Crippen molar-refractivity contribution >= 4 is 17.4 Å². The van der Waals surface area contributed by atoms with Crippen molar-refractivity contribution in [1.29, 1.82) is 0 Å². The van der Waals surface area contributed by atoms with Gasteiger partial charge in [-0.15, -0.1) is 0 Å². The van der Waals surface area contributed by atoms with Crippen molar-refractivity contribution in [1.82, 2.24) is 0 Å². The number of hydrogen-bond donors (Lipinski definition) is 0. The normalized spacial score (nSPS) is 25.9. The lowest BCUT2D eigenvalue weighted by Crippen LogP contribution is -2.45. The van der Waals surface area contributed by atoms with Crippen LogP contribution in [0.15, 0.2) is 48.5 Å². The van der Waals surface area contributed by atoms with Crippen molar-refractivity contribution in [3.63, 3.8) is 0 Å². The Kier molecular flexibility index (Phi) is 8.91. The predicted octanol–water partition coefficient (Wildman–Crippen LogP) is 6.93. The zero-order chi connectivity index (χ0) is 26.8. The summed E-state index contributed by atoms with van der Waals surface area (Å²) in [6.07, 6.45) is 2.87. The van der Waals surface area contributed by atoms with Gasteiger partial charge in [0, 0.05) is 38.5 Å². The summed E-state index contributed by atoms with van der Waals surface area (Å²) in [4.78, 5) is 0. The molecular formula is C30H46O5Si2. The zero-order valence-corrected chi connectivity index (χ0v) is 26.1. The van der Waals surface area contributed by atoms with E-state index in [1.807, 2.05) is 24.3 Å². The van der Waals surface area contributed by atoms with Gasteiger partial charge in [-0.3, -0.25) is 0 Å². The summed E-state index contributed by atoms with van der Waals surface area (Å²) in [5, 5.41) is 0.176. The average Bonchev–Trinajstić information content (AvgIpc) is 3.36. The molecule has 0 heterocycles. The Bertz CT molecular complexity index is 1030. The Balaban J connectivity index is 1.42. The van der Waals surface area contributed by atoms with Crippen LogP contribution in [0.5, 0.6) is 11.5 Å². The highest BCUT2D eigenvalue weighted by atomic mass is 28.4. The second-order valence-corrected chi connectivity index (χ2v) is 19.6. The Morgan fingerprint density at radius 1 is 0.919 bits per heavy atom. The van der Waals surface area contributed by atoms with Crippen molar-refractivity contribution in [2.24, 2.45) is 5.92 Å². The first kappa shape index (κ1) is 28.4.